The molecule has 33 heavy (non-hydrogen) atoms. The Bertz CT molecular complexity index is 1020. The van der Waals surface area contributed by atoms with E-state index in [1.165, 1.54) is 36.4 Å². The molecule has 174 valence electrons. The van der Waals surface area contributed by atoms with Gasteiger partial charge in [-0.2, -0.15) is 0 Å². The number of carboxylic acid groups (broad SMARTS) is 1. The molecule has 0 aliphatic heterocycles. The van der Waals surface area contributed by atoms with Crippen LogP contribution in [0.3, 0.4) is 0 Å². The molecule has 0 aliphatic rings. The number of nitro benzene ring substituents is 1. The van der Waals surface area contributed by atoms with Crippen LogP contribution in [0.5, 0.6) is 5.75 Å². The van der Waals surface area contributed by atoms with Gasteiger partial charge in [0.1, 0.15) is 11.8 Å². The van der Waals surface area contributed by atoms with E-state index in [9.17, 15) is 34.4 Å². The van der Waals surface area contributed by atoms with Gasteiger partial charge in [-0.1, -0.05) is 12.1 Å². The van der Waals surface area contributed by atoms with Crippen molar-refractivity contribution in [1.29, 1.82) is 0 Å². The van der Waals surface area contributed by atoms with Gasteiger partial charge < -0.3 is 26.2 Å². The van der Waals surface area contributed by atoms with Gasteiger partial charge in [-0.05, 0) is 29.8 Å². The van der Waals surface area contributed by atoms with Crippen molar-refractivity contribution in [2.24, 2.45) is 0 Å². The van der Waals surface area contributed by atoms with E-state index >= 15 is 0 Å². The zero-order valence-corrected chi connectivity index (χ0v) is 17.3. The van der Waals surface area contributed by atoms with Gasteiger partial charge in [0.25, 0.3) is 5.69 Å². The molecule has 0 aliphatic carbocycles. The van der Waals surface area contributed by atoms with E-state index in [0.29, 0.717) is 5.56 Å². The number of non-ortho nitro benzene ring substituents is 1. The van der Waals surface area contributed by atoms with Gasteiger partial charge in [-0.3, -0.25) is 29.3 Å². The monoisotopic (exact) mass is 458 g/mol. The largest absolute Gasteiger partial charge is 0.508 e. The highest BCUT2D eigenvalue weighted by molar-refractivity contribution is 5.98. The molecule has 2 rings (SSSR count). The molecule has 2 aromatic carbocycles. The molecule has 0 spiro atoms. The molecule has 0 aromatic heterocycles. The molecule has 1 atom stereocenters. The average Bonchev–Trinajstić information content (AvgIpc) is 2.77. The number of phenols is 1. The van der Waals surface area contributed by atoms with Crippen molar-refractivity contribution in [2.75, 3.05) is 11.9 Å². The lowest BCUT2D eigenvalue weighted by atomic mass is 10.0. The maximum Gasteiger partial charge on any atom is 0.303 e. The summed E-state index contributed by atoms with van der Waals surface area (Å²) in [5.41, 5.74) is 0.751. The highest BCUT2D eigenvalue weighted by atomic mass is 16.6. The molecule has 0 heterocycles. The zero-order valence-electron chi connectivity index (χ0n) is 17.3. The third-order valence-corrected chi connectivity index (χ3v) is 4.39. The molecule has 0 saturated carbocycles. The first-order valence-corrected chi connectivity index (χ1v) is 9.75. The fourth-order valence-corrected chi connectivity index (χ4v) is 2.71. The van der Waals surface area contributed by atoms with Crippen LogP contribution in [-0.2, 0) is 25.6 Å². The molecular formula is C21H22N4O8. The normalized spacial score (nSPS) is 11.2. The Morgan fingerprint density at radius 3 is 2.15 bits per heavy atom. The molecule has 3 amide bonds. The number of anilines is 1. The Labute approximate surface area is 187 Å². The van der Waals surface area contributed by atoms with E-state index < -0.39 is 41.2 Å². The van der Waals surface area contributed by atoms with Gasteiger partial charge in [0.15, 0.2) is 0 Å². The third kappa shape index (κ3) is 8.65. The van der Waals surface area contributed by atoms with Crippen molar-refractivity contribution in [3.05, 3.63) is 64.2 Å². The first kappa shape index (κ1) is 24.8. The highest BCUT2D eigenvalue weighted by Crippen LogP contribution is 2.16. The Hall–Kier alpha value is -4.48. The number of benzene rings is 2. The minimum absolute atomic E-state index is 0.0266. The second kappa shape index (κ2) is 11.8. The van der Waals surface area contributed by atoms with Crippen molar-refractivity contribution >= 4 is 35.1 Å². The zero-order chi connectivity index (χ0) is 24.4. The van der Waals surface area contributed by atoms with Gasteiger partial charge in [-0.15, -0.1) is 0 Å². The highest BCUT2D eigenvalue weighted by Gasteiger charge is 2.22. The second-order valence-electron chi connectivity index (χ2n) is 6.95. The number of aliphatic carboxylic acids is 1. The molecule has 5 N–H and O–H groups in total. The predicted octanol–water partition coefficient (Wildman–Crippen LogP) is 0.947. The summed E-state index contributed by atoms with van der Waals surface area (Å²) in [5, 5.41) is 36.1. The summed E-state index contributed by atoms with van der Waals surface area (Å²) < 4.78 is 0. The number of hydrogen-bond donors (Lipinski definition) is 5. The van der Waals surface area contributed by atoms with Gasteiger partial charge in [0.2, 0.25) is 17.7 Å². The molecule has 0 saturated heterocycles. The number of rotatable bonds is 11. The van der Waals surface area contributed by atoms with E-state index in [1.54, 1.807) is 12.1 Å². The van der Waals surface area contributed by atoms with Crippen molar-refractivity contribution in [2.45, 2.75) is 25.3 Å². The quantitative estimate of drug-likeness (QED) is 0.243. The van der Waals surface area contributed by atoms with Crippen LogP contribution in [0.25, 0.3) is 0 Å². The fraction of sp³-hybridized carbons (Fsp3) is 0.238. The number of carbonyl (C=O) groups excluding carboxylic acids is 3. The molecule has 0 fully saturated rings. The summed E-state index contributed by atoms with van der Waals surface area (Å²) >= 11 is 0. The van der Waals surface area contributed by atoms with Crippen LogP contribution in [0.2, 0.25) is 0 Å². The summed E-state index contributed by atoms with van der Waals surface area (Å²) in [6.45, 7) is -0.463. The van der Waals surface area contributed by atoms with Crippen LogP contribution in [0.15, 0.2) is 48.5 Å². The van der Waals surface area contributed by atoms with E-state index in [-0.39, 0.29) is 36.4 Å². The number of amides is 3. The van der Waals surface area contributed by atoms with E-state index in [1.807, 2.05) is 0 Å². The van der Waals surface area contributed by atoms with Gasteiger partial charge in [0.05, 0.1) is 17.9 Å². The van der Waals surface area contributed by atoms with E-state index in [0.717, 1.165) is 0 Å². The van der Waals surface area contributed by atoms with Crippen molar-refractivity contribution in [3.63, 3.8) is 0 Å². The summed E-state index contributed by atoms with van der Waals surface area (Å²) in [6, 6.07) is 10.0. The van der Waals surface area contributed by atoms with Crippen LogP contribution >= 0.6 is 0 Å². The van der Waals surface area contributed by atoms with Crippen molar-refractivity contribution in [1.82, 2.24) is 10.6 Å². The molecule has 12 heteroatoms. The number of aromatic hydroxyl groups is 1. The number of carboxylic acids is 1. The first-order chi connectivity index (χ1) is 15.6. The molecule has 0 unspecified atom stereocenters. The number of nitrogens with zero attached hydrogens (tertiary/aromatic N) is 1. The molecular weight excluding hydrogens is 436 g/mol. The third-order valence-electron chi connectivity index (χ3n) is 4.39. The lowest BCUT2D eigenvalue weighted by Gasteiger charge is -2.19. The van der Waals surface area contributed by atoms with Gasteiger partial charge in [0, 0.05) is 30.7 Å². The number of hydrogen-bond acceptors (Lipinski definition) is 7. The maximum atomic E-state index is 12.8. The molecule has 12 nitrogen and oxygen atoms in total. The lowest BCUT2D eigenvalue weighted by molar-refractivity contribution is -0.384. The van der Waals surface area contributed by atoms with E-state index in [2.05, 4.69) is 16.0 Å². The van der Waals surface area contributed by atoms with Crippen LogP contribution < -0.4 is 16.0 Å². The Kier molecular flexibility index (Phi) is 8.85. The van der Waals surface area contributed by atoms with E-state index in [4.69, 9.17) is 5.11 Å². The van der Waals surface area contributed by atoms with Gasteiger partial charge in [-0.25, -0.2) is 0 Å². The first-order valence-electron chi connectivity index (χ1n) is 9.75. The molecule has 2 aromatic rings. The van der Waals surface area contributed by atoms with Crippen molar-refractivity contribution in [3.8, 4) is 5.75 Å². The summed E-state index contributed by atoms with van der Waals surface area (Å²) in [6.07, 6.45) is -0.619. The Balaban J connectivity index is 2.05. The smallest absolute Gasteiger partial charge is 0.303 e. The average molecular weight is 458 g/mol. The van der Waals surface area contributed by atoms with Crippen LogP contribution in [0, 0.1) is 10.1 Å². The Morgan fingerprint density at radius 2 is 1.58 bits per heavy atom. The van der Waals surface area contributed by atoms with Crippen LogP contribution in [0.4, 0.5) is 11.4 Å². The van der Waals surface area contributed by atoms with Crippen molar-refractivity contribution < 1.29 is 34.3 Å². The summed E-state index contributed by atoms with van der Waals surface area (Å²) in [4.78, 5) is 57.4. The molecule has 0 radical (unpaired) electrons. The standard InChI is InChI=1S/C21H22N4O8/c26-16-7-1-13(2-8-16)11-17(24-19(28)12-22-18(27)9-10-20(29)30)21(31)23-14-3-5-15(6-4-14)25(32)33/h1-8,17,26H,9-12H2,(H,22,27)(H,23,31)(H,24,28)(H,29,30)/t17-/m0/s1. The minimum atomic E-state index is -1.15. The SMILES string of the molecule is O=C(O)CCC(=O)NCC(=O)N[C@@H](Cc1ccc(O)cc1)C(=O)Nc1ccc([N+](=O)[O-])cc1. The number of nitrogens with one attached hydrogen (secondary N) is 3. The second-order valence-corrected chi connectivity index (χ2v) is 6.95. The number of phenolic OH excluding ortho intramolecular Hbond substituents is 1. The predicted molar refractivity (Wildman–Crippen MR) is 115 cm³/mol. The summed E-state index contributed by atoms with van der Waals surface area (Å²) in [7, 11) is 0. The van der Waals surface area contributed by atoms with Gasteiger partial charge >= 0.3 is 5.97 Å². The fourth-order valence-electron chi connectivity index (χ4n) is 2.71. The van der Waals surface area contributed by atoms with Crippen LogP contribution in [0.1, 0.15) is 18.4 Å². The topological polar surface area (TPSA) is 188 Å². The maximum absolute atomic E-state index is 12.8. The molecule has 0 bridgehead atoms. The summed E-state index contributed by atoms with van der Waals surface area (Å²) in [5.74, 6) is -3.04. The number of nitro groups is 1. The van der Waals surface area contributed by atoms with Crippen LogP contribution in [-0.4, -0.2) is 51.4 Å². The lowest BCUT2D eigenvalue weighted by Crippen LogP contribution is -2.48. The number of carbonyl (C=O) groups is 4. The minimum Gasteiger partial charge on any atom is -0.508 e. The Morgan fingerprint density at radius 1 is 0.939 bits per heavy atom.